The third kappa shape index (κ3) is 2.48. The van der Waals surface area contributed by atoms with Gasteiger partial charge in [-0.15, -0.1) is 0 Å². The molecule has 0 N–H and O–H groups in total. The summed E-state index contributed by atoms with van der Waals surface area (Å²) in [6.07, 6.45) is 3.80. The second kappa shape index (κ2) is 5.37. The van der Waals surface area contributed by atoms with Gasteiger partial charge in [0.15, 0.2) is 5.78 Å². The van der Waals surface area contributed by atoms with E-state index in [4.69, 9.17) is 0 Å². The quantitative estimate of drug-likeness (QED) is 0.676. The van der Waals surface area contributed by atoms with E-state index in [1.165, 1.54) is 5.56 Å². The highest BCUT2D eigenvalue weighted by atomic mass is 79.9. The Labute approximate surface area is 127 Å². The van der Waals surface area contributed by atoms with Crippen molar-refractivity contribution in [1.29, 1.82) is 0 Å². The molecule has 0 radical (unpaired) electrons. The molecule has 0 spiro atoms. The Hall–Kier alpha value is -1.67. The molecule has 100 valence electrons. The summed E-state index contributed by atoms with van der Waals surface area (Å²) in [4.78, 5) is 12.6. The zero-order valence-corrected chi connectivity index (χ0v) is 12.9. The van der Waals surface area contributed by atoms with Crippen molar-refractivity contribution in [2.24, 2.45) is 0 Å². The highest BCUT2D eigenvalue weighted by Gasteiger charge is 2.21. The van der Waals surface area contributed by atoms with Crippen LogP contribution in [0, 0.1) is 6.92 Å². The first kappa shape index (κ1) is 13.3. The number of hydrogen-bond donors (Lipinski definition) is 0. The van der Waals surface area contributed by atoms with Gasteiger partial charge in [-0.2, -0.15) is 0 Å². The number of carbonyl (C=O) groups is 1. The van der Waals surface area contributed by atoms with Gasteiger partial charge in [-0.25, -0.2) is 0 Å². The van der Waals surface area contributed by atoms with Crippen molar-refractivity contribution in [1.82, 2.24) is 0 Å². The number of fused-ring (bicyclic) bond motifs is 1. The maximum Gasteiger partial charge on any atom is 0.189 e. The number of allylic oxidation sites excluding steroid dienone is 1. The third-order valence-corrected chi connectivity index (χ3v) is 4.28. The summed E-state index contributed by atoms with van der Waals surface area (Å²) >= 11 is 3.44. The van der Waals surface area contributed by atoms with E-state index in [2.05, 4.69) is 35.0 Å². The molecule has 0 fully saturated rings. The number of Topliss-reactive ketones (excluding diaryl/α,β-unsaturated/α-hetero) is 1. The van der Waals surface area contributed by atoms with Crippen molar-refractivity contribution in [3.8, 4) is 0 Å². The smallest absolute Gasteiger partial charge is 0.189 e. The van der Waals surface area contributed by atoms with Crippen molar-refractivity contribution < 1.29 is 4.79 Å². The molecular weight excluding hydrogens is 312 g/mol. The number of carbonyl (C=O) groups excluding carboxylic acids is 1. The van der Waals surface area contributed by atoms with Crippen LogP contribution in [0.15, 0.2) is 52.5 Å². The molecule has 0 saturated carbocycles. The molecule has 2 aromatic carbocycles. The van der Waals surface area contributed by atoms with Gasteiger partial charge in [-0.1, -0.05) is 46.3 Å². The SMILES string of the molecule is Cc1ccccc1/C=C1\CCc2ccc(Br)cc2C1=O. The Bertz CT molecular complexity index is 713. The first-order valence-corrected chi connectivity index (χ1v) is 7.54. The van der Waals surface area contributed by atoms with Gasteiger partial charge < -0.3 is 0 Å². The summed E-state index contributed by atoms with van der Waals surface area (Å²) in [5.41, 5.74) is 5.23. The molecule has 0 aliphatic heterocycles. The number of hydrogen-bond acceptors (Lipinski definition) is 1. The fourth-order valence-electron chi connectivity index (χ4n) is 2.61. The van der Waals surface area contributed by atoms with Crippen LogP contribution in [0.4, 0.5) is 0 Å². The topological polar surface area (TPSA) is 17.1 Å². The lowest BCUT2D eigenvalue weighted by Gasteiger charge is -2.18. The zero-order valence-electron chi connectivity index (χ0n) is 11.3. The molecule has 2 heteroatoms. The zero-order chi connectivity index (χ0) is 14.1. The van der Waals surface area contributed by atoms with E-state index in [9.17, 15) is 4.79 Å². The van der Waals surface area contributed by atoms with Gasteiger partial charge in [-0.3, -0.25) is 4.79 Å². The van der Waals surface area contributed by atoms with Crippen LogP contribution in [0.25, 0.3) is 6.08 Å². The summed E-state index contributed by atoms with van der Waals surface area (Å²) in [7, 11) is 0. The second-order valence-electron chi connectivity index (χ2n) is 5.16. The molecule has 20 heavy (non-hydrogen) atoms. The maximum atomic E-state index is 12.6. The van der Waals surface area contributed by atoms with E-state index in [-0.39, 0.29) is 5.78 Å². The van der Waals surface area contributed by atoms with Crippen molar-refractivity contribution >= 4 is 27.8 Å². The molecule has 2 aromatic rings. The number of ketones is 1. The highest BCUT2D eigenvalue weighted by Crippen LogP contribution is 2.29. The van der Waals surface area contributed by atoms with Gasteiger partial charge in [0, 0.05) is 15.6 Å². The summed E-state index contributed by atoms with van der Waals surface area (Å²) in [5, 5.41) is 0. The van der Waals surface area contributed by atoms with Crippen LogP contribution in [0.3, 0.4) is 0 Å². The van der Waals surface area contributed by atoms with E-state index in [0.717, 1.165) is 39.6 Å². The summed E-state index contributed by atoms with van der Waals surface area (Å²) in [6.45, 7) is 2.07. The summed E-state index contributed by atoms with van der Waals surface area (Å²) < 4.78 is 0.960. The third-order valence-electron chi connectivity index (χ3n) is 3.79. The van der Waals surface area contributed by atoms with E-state index >= 15 is 0 Å². The van der Waals surface area contributed by atoms with E-state index in [0.29, 0.717) is 0 Å². The van der Waals surface area contributed by atoms with E-state index in [1.54, 1.807) is 0 Å². The first-order chi connectivity index (χ1) is 9.65. The van der Waals surface area contributed by atoms with Gasteiger partial charge in [0.05, 0.1) is 0 Å². The van der Waals surface area contributed by atoms with Gasteiger partial charge in [0.2, 0.25) is 0 Å². The molecule has 1 nitrogen and oxygen atoms in total. The molecule has 0 aromatic heterocycles. The lowest BCUT2D eigenvalue weighted by atomic mass is 9.86. The molecule has 0 bridgehead atoms. The van der Waals surface area contributed by atoms with Crippen LogP contribution in [-0.2, 0) is 6.42 Å². The molecule has 1 aliphatic carbocycles. The van der Waals surface area contributed by atoms with Crippen molar-refractivity contribution in [3.05, 3.63) is 74.8 Å². The minimum atomic E-state index is 0.163. The Kier molecular flexibility index (Phi) is 3.58. The molecule has 0 atom stereocenters. The standard InChI is InChI=1S/C18H15BrO/c1-12-4-2-3-5-14(12)10-15-7-6-13-8-9-16(19)11-17(13)18(15)20/h2-5,8-11H,6-7H2,1H3/b15-10+. The molecule has 0 amide bonds. The van der Waals surface area contributed by atoms with Crippen LogP contribution in [0.1, 0.15) is 33.5 Å². The van der Waals surface area contributed by atoms with E-state index in [1.807, 2.05) is 36.4 Å². The van der Waals surface area contributed by atoms with Gasteiger partial charge in [-0.05, 0) is 54.7 Å². The molecule has 0 saturated heterocycles. The average Bonchev–Trinajstić information content (AvgIpc) is 2.45. The van der Waals surface area contributed by atoms with Crippen molar-refractivity contribution in [3.63, 3.8) is 0 Å². The van der Waals surface area contributed by atoms with Crippen LogP contribution in [0.2, 0.25) is 0 Å². The molecule has 1 aliphatic rings. The lowest BCUT2D eigenvalue weighted by Crippen LogP contribution is -2.14. The second-order valence-corrected chi connectivity index (χ2v) is 6.07. The minimum Gasteiger partial charge on any atom is -0.289 e. The fraction of sp³-hybridized carbons (Fsp3) is 0.167. The number of halogens is 1. The normalized spacial score (nSPS) is 16.3. The summed E-state index contributed by atoms with van der Waals surface area (Å²) in [6, 6.07) is 14.1. The lowest BCUT2D eigenvalue weighted by molar-refractivity contribution is 0.102. The number of rotatable bonds is 1. The Morgan fingerprint density at radius 2 is 1.90 bits per heavy atom. The van der Waals surface area contributed by atoms with Crippen LogP contribution < -0.4 is 0 Å². The summed E-state index contributed by atoms with van der Waals surface area (Å²) in [5.74, 6) is 0.163. The van der Waals surface area contributed by atoms with Gasteiger partial charge in [0.25, 0.3) is 0 Å². The molecule has 3 rings (SSSR count). The van der Waals surface area contributed by atoms with Crippen LogP contribution in [-0.4, -0.2) is 5.78 Å². The van der Waals surface area contributed by atoms with Gasteiger partial charge in [0.1, 0.15) is 0 Å². The monoisotopic (exact) mass is 326 g/mol. The largest absolute Gasteiger partial charge is 0.289 e. The number of benzene rings is 2. The predicted octanol–water partition coefficient (Wildman–Crippen LogP) is 4.97. The highest BCUT2D eigenvalue weighted by molar-refractivity contribution is 9.10. The minimum absolute atomic E-state index is 0.163. The molecular formula is C18H15BrO. The number of aryl methyl sites for hydroxylation is 2. The van der Waals surface area contributed by atoms with Crippen LogP contribution >= 0.6 is 15.9 Å². The Morgan fingerprint density at radius 3 is 2.70 bits per heavy atom. The van der Waals surface area contributed by atoms with Crippen molar-refractivity contribution in [2.75, 3.05) is 0 Å². The molecule has 0 unspecified atom stereocenters. The maximum absolute atomic E-state index is 12.6. The van der Waals surface area contributed by atoms with Gasteiger partial charge >= 0.3 is 0 Å². The predicted molar refractivity (Wildman–Crippen MR) is 85.9 cm³/mol. The first-order valence-electron chi connectivity index (χ1n) is 6.74. The Balaban J connectivity index is 2.02. The average molecular weight is 327 g/mol. The fourth-order valence-corrected chi connectivity index (χ4v) is 2.97. The van der Waals surface area contributed by atoms with E-state index < -0.39 is 0 Å². The van der Waals surface area contributed by atoms with Crippen molar-refractivity contribution in [2.45, 2.75) is 19.8 Å². The Morgan fingerprint density at radius 1 is 1.10 bits per heavy atom. The molecule has 0 heterocycles. The van der Waals surface area contributed by atoms with Crippen LogP contribution in [0.5, 0.6) is 0 Å².